The first-order chi connectivity index (χ1) is 14.6. The van der Waals surface area contributed by atoms with Crippen molar-refractivity contribution in [2.45, 2.75) is 19.4 Å². The highest BCUT2D eigenvalue weighted by molar-refractivity contribution is 6.09. The van der Waals surface area contributed by atoms with Gasteiger partial charge in [0.2, 0.25) is 0 Å². The van der Waals surface area contributed by atoms with Crippen molar-refractivity contribution in [2.75, 3.05) is 13.1 Å². The molecule has 1 amide bonds. The van der Waals surface area contributed by atoms with Crippen LogP contribution in [-0.2, 0) is 6.61 Å². The highest BCUT2D eigenvalue weighted by atomic mass is 19.1. The average molecular weight is 403 g/mol. The average Bonchev–Trinajstić information content (AvgIpc) is 3.33. The van der Waals surface area contributed by atoms with Crippen molar-refractivity contribution in [2.24, 2.45) is 0 Å². The molecule has 1 aliphatic heterocycles. The fourth-order valence-corrected chi connectivity index (χ4v) is 3.48. The van der Waals surface area contributed by atoms with E-state index in [0.29, 0.717) is 29.0 Å². The molecule has 3 aromatic carbocycles. The summed E-state index contributed by atoms with van der Waals surface area (Å²) in [6, 6.07) is 19.8. The van der Waals surface area contributed by atoms with E-state index in [9.17, 15) is 14.0 Å². The Kier molecular flexibility index (Phi) is 5.89. The molecule has 0 unspecified atom stereocenters. The molecule has 0 radical (unpaired) electrons. The van der Waals surface area contributed by atoms with Gasteiger partial charge in [-0.25, -0.2) is 4.39 Å². The molecular formula is C25H22FNO3. The number of amides is 1. The summed E-state index contributed by atoms with van der Waals surface area (Å²) in [6.07, 6.45) is 2.15. The molecule has 1 saturated heterocycles. The highest BCUT2D eigenvalue weighted by Crippen LogP contribution is 2.18. The Bertz CT molecular complexity index is 1020. The predicted molar refractivity (Wildman–Crippen MR) is 112 cm³/mol. The summed E-state index contributed by atoms with van der Waals surface area (Å²) in [5.41, 5.74) is 2.61. The predicted octanol–water partition coefficient (Wildman–Crippen LogP) is 4.87. The Hall–Kier alpha value is -3.47. The third-order valence-corrected chi connectivity index (χ3v) is 5.22. The molecule has 1 heterocycles. The lowest BCUT2D eigenvalue weighted by atomic mass is 10.0. The van der Waals surface area contributed by atoms with E-state index in [1.165, 1.54) is 24.3 Å². The van der Waals surface area contributed by atoms with Gasteiger partial charge in [-0.05, 0) is 79.1 Å². The molecule has 30 heavy (non-hydrogen) atoms. The molecule has 0 bridgehead atoms. The van der Waals surface area contributed by atoms with Crippen molar-refractivity contribution < 1.29 is 18.7 Å². The van der Waals surface area contributed by atoms with Crippen molar-refractivity contribution in [1.29, 1.82) is 0 Å². The van der Waals surface area contributed by atoms with E-state index < -0.39 is 0 Å². The smallest absolute Gasteiger partial charge is 0.253 e. The van der Waals surface area contributed by atoms with E-state index in [2.05, 4.69) is 0 Å². The molecule has 4 nitrogen and oxygen atoms in total. The van der Waals surface area contributed by atoms with Crippen molar-refractivity contribution in [1.82, 2.24) is 4.90 Å². The van der Waals surface area contributed by atoms with Crippen LogP contribution in [-0.4, -0.2) is 29.7 Å². The minimum atomic E-state index is -0.372. The van der Waals surface area contributed by atoms with Crippen LogP contribution in [0.15, 0.2) is 72.8 Å². The van der Waals surface area contributed by atoms with Gasteiger partial charge in [0.1, 0.15) is 18.2 Å². The second kappa shape index (κ2) is 8.91. The normalized spacial score (nSPS) is 13.3. The van der Waals surface area contributed by atoms with Gasteiger partial charge in [-0.2, -0.15) is 0 Å². The van der Waals surface area contributed by atoms with Crippen LogP contribution >= 0.6 is 0 Å². The quantitative estimate of drug-likeness (QED) is 0.552. The second-order valence-corrected chi connectivity index (χ2v) is 7.35. The monoisotopic (exact) mass is 403 g/mol. The number of benzene rings is 3. The first-order valence-corrected chi connectivity index (χ1v) is 10.0. The maximum atomic E-state index is 13.0. The number of ether oxygens (including phenoxy) is 1. The SMILES string of the molecule is O=C(c1ccc(F)cc1)c1ccc(OCc2ccc(C(=O)N3CCCC3)cc2)cc1. The summed E-state index contributed by atoms with van der Waals surface area (Å²) in [4.78, 5) is 26.7. The number of rotatable bonds is 6. The van der Waals surface area contributed by atoms with E-state index in [1.54, 1.807) is 24.3 Å². The van der Waals surface area contributed by atoms with Gasteiger partial charge in [0.05, 0.1) is 0 Å². The molecule has 0 aromatic heterocycles. The second-order valence-electron chi connectivity index (χ2n) is 7.35. The minimum absolute atomic E-state index is 0.0846. The Morgan fingerprint density at radius 1 is 0.767 bits per heavy atom. The maximum Gasteiger partial charge on any atom is 0.253 e. The maximum absolute atomic E-state index is 13.0. The Labute approximate surface area is 174 Å². The zero-order valence-electron chi connectivity index (χ0n) is 16.5. The number of nitrogens with zero attached hydrogens (tertiary/aromatic N) is 1. The van der Waals surface area contributed by atoms with Gasteiger partial charge in [-0.3, -0.25) is 9.59 Å². The van der Waals surface area contributed by atoms with Crippen LogP contribution in [0.25, 0.3) is 0 Å². The largest absolute Gasteiger partial charge is 0.489 e. The Morgan fingerprint density at radius 2 is 1.30 bits per heavy atom. The van der Waals surface area contributed by atoms with Crippen LogP contribution in [0, 0.1) is 5.82 Å². The first kappa shape index (κ1) is 19.8. The molecule has 0 atom stereocenters. The van der Waals surface area contributed by atoms with E-state index in [4.69, 9.17) is 4.74 Å². The fraction of sp³-hybridized carbons (Fsp3) is 0.200. The van der Waals surface area contributed by atoms with E-state index in [1.807, 2.05) is 29.2 Å². The van der Waals surface area contributed by atoms with Crippen LogP contribution < -0.4 is 4.74 Å². The zero-order chi connectivity index (χ0) is 20.9. The summed E-state index contributed by atoms with van der Waals surface area (Å²) < 4.78 is 18.8. The molecular weight excluding hydrogens is 381 g/mol. The standard InChI is InChI=1S/C25H22FNO3/c26-22-11-7-19(8-12-22)24(28)20-9-13-23(14-10-20)30-17-18-3-5-21(6-4-18)25(29)27-15-1-2-16-27/h3-14H,1-2,15-17H2. The number of likely N-dealkylation sites (tertiary alicyclic amines) is 1. The molecule has 5 heteroatoms. The number of hydrogen-bond acceptors (Lipinski definition) is 3. The van der Waals surface area contributed by atoms with Crippen LogP contribution in [0.2, 0.25) is 0 Å². The van der Waals surface area contributed by atoms with E-state index in [-0.39, 0.29) is 17.5 Å². The summed E-state index contributed by atoms with van der Waals surface area (Å²) in [6.45, 7) is 2.04. The van der Waals surface area contributed by atoms with Gasteiger partial charge in [0.15, 0.2) is 5.78 Å². The third-order valence-electron chi connectivity index (χ3n) is 5.22. The molecule has 0 spiro atoms. The zero-order valence-corrected chi connectivity index (χ0v) is 16.5. The van der Waals surface area contributed by atoms with Crippen molar-refractivity contribution in [3.05, 3.63) is 101 Å². The van der Waals surface area contributed by atoms with Crippen LogP contribution in [0.3, 0.4) is 0 Å². The van der Waals surface area contributed by atoms with Gasteiger partial charge in [0, 0.05) is 29.8 Å². The number of carbonyl (C=O) groups is 2. The fourth-order valence-electron chi connectivity index (χ4n) is 3.48. The van der Waals surface area contributed by atoms with E-state index >= 15 is 0 Å². The van der Waals surface area contributed by atoms with Crippen LogP contribution in [0.5, 0.6) is 5.75 Å². The lowest BCUT2D eigenvalue weighted by molar-refractivity contribution is 0.0792. The topological polar surface area (TPSA) is 46.6 Å². The van der Waals surface area contributed by atoms with Crippen LogP contribution in [0.4, 0.5) is 4.39 Å². The highest BCUT2D eigenvalue weighted by Gasteiger charge is 2.19. The molecule has 0 aliphatic carbocycles. The Balaban J connectivity index is 1.34. The van der Waals surface area contributed by atoms with E-state index in [0.717, 1.165) is 31.5 Å². The number of hydrogen-bond donors (Lipinski definition) is 0. The summed E-state index contributed by atoms with van der Waals surface area (Å²) >= 11 is 0. The van der Waals surface area contributed by atoms with Gasteiger partial charge >= 0.3 is 0 Å². The summed E-state index contributed by atoms with van der Waals surface area (Å²) in [7, 11) is 0. The molecule has 152 valence electrons. The van der Waals surface area contributed by atoms with Crippen molar-refractivity contribution >= 4 is 11.7 Å². The lowest BCUT2D eigenvalue weighted by Gasteiger charge is -2.15. The lowest BCUT2D eigenvalue weighted by Crippen LogP contribution is -2.27. The van der Waals surface area contributed by atoms with Gasteiger partial charge in [0.25, 0.3) is 5.91 Å². The molecule has 1 aliphatic rings. The minimum Gasteiger partial charge on any atom is -0.489 e. The first-order valence-electron chi connectivity index (χ1n) is 10.0. The van der Waals surface area contributed by atoms with Gasteiger partial charge in [-0.15, -0.1) is 0 Å². The third kappa shape index (κ3) is 4.57. The van der Waals surface area contributed by atoms with Crippen LogP contribution in [0.1, 0.15) is 44.7 Å². The molecule has 3 aromatic rings. The Morgan fingerprint density at radius 3 is 1.90 bits per heavy atom. The summed E-state index contributed by atoms with van der Waals surface area (Å²) in [5, 5.41) is 0. The number of ketones is 1. The molecule has 4 rings (SSSR count). The van der Waals surface area contributed by atoms with Crippen molar-refractivity contribution in [3.63, 3.8) is 0 Å². The van der Waals surface area contributed by atoms with Crippen molar-refractivity contribution in [3.8, 4) is 5.75 Å². The van der Waals surface area contributed by atoms with Gasteiger partial charge < -0.3 is 9.64 Å². The molecule has 1 fully saturated rings. The molecule has 0 saturated carbocycles. The molecule has 0 N–H and O–H groups in total. The van der Waals surface area contributed by atoms with Gasteiger partial charge in [-0.1, -0.05) is 12.1 Å². The number of carbonyl (C=O) groups excluding carboxylic acids is 2. The summed E-state index contributed by atoms with van der Waals surface area (Å²) in [5.74, 6) is 0.188. The number of halogens is 1.